The zero-order chi connectivity index (χ0) is 10.7. The molecule has 0 aliphatic heterocycles. The molecule has 0 aliphatic rings. The van der Waals surface area contributed by atoms with Gasteiger partial charge in [0.1, 0.15) is 11.6 Å². The second-order valence-corrected chi connectivity index (χ2v) is 2.58. The summed E-state index contributed by atoms with van der Waals surface area (Å²) in [5.74, 6) is -0.920. The first-order valence-electron chi connectivity index (χ1n) is 3.79. The van der Waals surface area contributed by atoms with Gasteiger partial charge in [-0.3, -0.25) is 4.79 Å². The number of hydrogen-bond acceptors (Lipinski definition) is 4. The van der Waals surface area contributed by atoms with E-state index in [9.17, 15) is 9.18 Å². The van der Waals surface area contributed by atoms with Crippen molar-refractivity contribution < 1.29 is 24.0 Å². The highest BCUT2D eigenvalue weighted by Gasteiger charge is 2.21. The molecular weight excluding hydrogens is 190 g/mol. The minimum atomic E-state index is -1.94. The molecule has 1 aromatic rings. The van der Waals surface area contributed by atoms with Gasteiger partial charge in [0.05, 0.1) is 12.7 Å². The van der Waals surface area contributed by atoms with E-state index in [1.165, 1.54) is 13.2 Å². The number of halogens is 1. The van der Waals surface area contributed by atoms with Crippen LogP contribution in [-0.2, 0) is 0 Å². The molecule has 0 heterocycles. The Balaban J connectivity index is 3.34. The molecule has 14 heavy (non-hydrogen) atoms. The summed E-state index contributed by atoms with van der Waals surface area (Å²) in [5.41, 5.74) is -0.675. The predicted octanol–water partition coefficient (Wildman–Crippen LogP) is -0.673. The Bertz CT molecular complexity index is 353. The summed E-state index contributed by atoms with van der Waals surface area (Å²) in [7, 11) is -0.656. The molecule has 2 N–H and O–H groups in total. The van der Waals surface area contributed by atoms with E-state index in [2.05, 4.69) is 0 Å². The molecular formula is C8H8BFO4. The Morgan fingerprint density at radius 1 is 1.50 bits per heavy atom. The van der Waals surface area contributed by atoms with Crippen molar-refractivity contribution in [2.45, 2.75) is 0 Å². The van der Waals surface area contributed by atoms with Crippen molar-refractivity contribution in [3.05, 3.63) is 23.5 Å². The Labute approximate surface area is 80.1 Å². The fourth-order valence-electron chi connectivity index (χ4n) is 1.08. The quantitative estimate of drug-likeness (QED) is 0.499. The van der Waals surface area contributed by atoms with Crippen molar-refractivity contribution >= 4 is 18.9 Å². The minimum Gasteiger partial charge on any atom is -0.496 e. The van der Waals surface area contributed by atoms with E-state index in [-0.39, 0.29) is 23.1 Å². The van der Waals surface area contributed by atoms with Crippen molar-refractivity contribution in [1.29, 1.82) is 0 Å². The minimum absolute atomic E-state index is 0.0573. The first-order valence-corrected chi connectivity index (χ1v) is 3.79. The summed E-state index contributed by atoms with van der Waals surface area (Å²) < 4.78 is 18.1. The molecule has 1 aromatic carbocycles. The van der Waals surface area contributed by atoms with Crippen LogP contribution in [0.15, 0.2) is 12.1 Å². The second kappa shape index (κ2) is 4.21. The number of methoxy groups -OCH3 is 1. The van der Waals surface area contributed by atoms with E-state index in [1.807, 2.05) is 0 Å². The van der Waals surface area contributed by atoms with Gasteiger partial charge < -0.3 is 14.8 Å². The molecule has 0 spiro atoms. The maximum absolute atomic E-state index is 13.3. The second-order valence-electron chi connectivity index (χ2n) is 2.58. The molecule has 74 valence electrons. The third-order valence-electron chi connectivity index (χ3n) is 1.79. The van der Waals surface area contributed by atoms with Crippen molar-refractivity contribution in [2.75, 3.05) is 7.11 Å². The highest BCUT2D eigenvalue weighted by molar-refractivity contribution is 6.58. The number of carbonyl (C=O) groups is 1. The topological polar surface area (TPSA) is 66.8 Å². The molecule has 1 rings (SSSR count). The lowest BCUT2D eigenvalue weighted by atomic mass is 9.79. The molecule has 0 aliphatic carbocycles. The van der Waals surface area contributed by atoms with Gasteiger partial charge in [-0.05, 0) is 6.07 Å². The summed E-state index contributed by atoms with van der Waals surface area (Å²) in [5, 5.41) is 17.5. The summed E-state index contributed by atoms with van der Waals surface area (Å²) >= 11 is 0. The van der Waals surface area contributed by atoms with Crippen molar-refractivity contribution in [3.8, 4) is 5.75 Å². The lowest BCUT2D eigenvalue weighted by Crippen LogP contribution is -2.33. The van der Waals surface area contributed by atoms with Crippen LogP contribution in [0.5, 0.6) is 5.75 Å². The first-order chi connectivity index (χ1) is 6.61. The van der Waals surface area contributed by atoms with Crippen LogP contribution < -0.4 is 10.2 Å². The van der Waals surface area contributed by atoms with Gasteiger partial charge in [0.2, 0.25) is 0 Å². The van der Waals surface area contributed by atoms with Gasteiger partial charge in [-0.15, -0.1) is 0 Å². The highest BCUT2D eigenvalue weighted by Crippen LogP contribution is 2.17. The largest absolute Gasteiger partial charge is 0.496 e. The van der Waals surface area contributed by atoms with Gasteiger partial charge in [-0.2, -0.15) is 0 Å². The lowest BCUT2D eigenvalue weighted by Gasteiger charge is -2.07. The van der Waals surface area contributed by atoms with E-state index in [0.717, 1.165) is 6.07 Å². The third-order valence-corrected chi connectivity index (χ3v) is 1.79. The van der Waals surface area contributed by atoms with Gasteiger partial charge in [-0.25, -0.2) is 4.39 Å². The summed E-state index contributed by atoms with van der Waals surface area (Å²) in [6, 6.07) is 2.44. The fourth-order valence-corrected chi connectivity index (χ4v) is 1.08. The van der Waals surface area contributed by atoms with Crippen LogP contribution in [0.4, 0.5) is 4.39 Å². The summed E-state index contributed by atoms with van der Waals surface area (Å²) in [6.07, 6.45) is 0.264. The maximum Gasteiger partial charge on any atom is 0.491 e. The van der Waals surface area contributed by atoms with E-state index < -0.39 is 12.9 Å². The average Bonchev–Trinajstić information content (AvgIpc) is 2.16. The Hall–Kier alpha value is -1.40. The first kappa shape index (κ1) is 10.7. The zero-order valence-corrected chi connectivity index (χ0v) is 7.40. The van der Waals surface area contributed by atoms with Crippen molar-refractivity contribution in [3.63, 3.8) is 0 Å². The van der Waals surface area contributed by atoms with Crippen molar-refractivity contribution in [2.24, 2.45) is 0 Å². The van der Waals surface area contributed by atoms with Crippen LogP contribution in [-0.4, -0.2) is 30.6 Å². The van der Waals surface area contributed by atoms with E-state index in [0.29, 0.717) is 0 Å². The molecule has 6 heteroatoms. The zero-order valence-electron chi connectivity index (χ0n) is 7.40. The number of hydrogen-bond donors (Lipinski definition) is 2. The van der Waals surface area contributed by atoms with E-state index in [4.69, 9.17) is 14.8 Å². The normalized spacial score (nSPS) is 9.71. The molecule has 0 unspecified atom stereocenters. The summed E-state index contributed by atoms with van der Waals surface area (Å²) in [4.78, 5) is 10.5. The number of carbonyl (C=O) groups excluding carboxylic acids is 1. The van der Waals surface area contributed by atoms with Gasteiger partial charge >= 0.3 is 7.12 Å². The molecule has 0 radical (unpaired) electrons. The molecule has 0 amide bonds. The van der Waals surface area contributed by atoms with Gasteiger partial charge in [0.25, 0.3) is 0 Å². The molecule has 0 bridgehead atoms. The van der Waals surface area contributed by atoms with Crippen molar-refractivity contribution in [1.82, 2.24) is 0 Å². The average molecular weight is 198 g/mol. The lowest BCUT2D eigenvalue weighted by molar-refractivity contribution is 0.111. The Morgan fingerprint density at radius 2 is 2.14 bits per heavy atom. The van der Waals surface area contributed by atoms with Crippen LogP contribution in [0.2, 0.25) is 0 Å². The standard InChI is InChI=1S/C8H8BFO4/c1-14-7-3-2-6(9(12)13)8(10)5(7)4-11/h2-4,12-13H,1H3. The Kier molecular flexibility index (Phi) is 3.21. The van der Waals surface area contributed by atoms with Crippen LogP contribution in [0.3, 0.4) is 0 Å². The maximum atomic E-state index is 13.3. The monoisotopic (exact) mass is 198 g/mol. The predicted molar refractivity (Wildman–Crippen MR) is 48.2 cm³/mol. The van der Waals surface area contributed by atoms with E-state index >= 15 is 0 Å². The summed E-state index contributed by atoms with van der Waals surface area (Å²) in [6.45, 7) is 0. The van der Waals surface area contributed by atoms with Crippen LogP contribution in [0.1, 0.15) is 10.4 Å². The van der Waals surface area contributed by atoms with Gasteiger partial charge in [0, 0.05) is 5.46 Å². The number of benzene rings is 1. The van der Waals surface area contributed by atoms with Crippen LogP contribution in [0, 0.1) is 5.82 Å². The number of aldehydes is 1. The molecule has 0 fully saturated rings. The van der Waals surface area contributed by atoms with E-state index in [1.54, 1.807) is 0 Å². The molecule has 0 saturated carbocycles. The molecule has 0 aromatic heterocycles. The SMILES string of the molecule is COc1ccc(B(O)O)c(F)c1C=O. The highest BCUT2D eigenvalue weighted by atomic mass is 19.1. The molecule has 0 atom stereocenters. The Morgan fingerprint density at radius 3 is 2.57 bits per heavy atom. The van der Waals surface area contributed by atoms with Gasteiger partial charge in [0.15, 0.2) is 6.29 Å². The van der Waals surface area contributed by atoms with Crippen LogP contribution >= 0.6 is 0 Å². The molecule has 0 saturated heterocycles. The number of rotatable bonds is 3. The van der Waals surface area contributed by atoms with Crippen LogP contribution in [0.25, 0.3) is 0 Å². The smallest absolute Gasteiger partial charge is 0.491 e. The third kappa shape index (κ3) is 1.76. The van der Waals surface area contributed by atoms with Gasteiger partial charge in [-0.1, -0.05) is 6.07 Å². The molecule has 4 nitrogen and oxygen atoms in total. The fraction of sp³-hybridized carbons (Fsp3) is 0.125. The number of ether oxygens (including phenoxy) is 1.